The molecule has 8 heteroatoms. The lowest BCUT2D eigenvalue weighted by molar-refractivity contribution is -0.384. The molecule has 1 fully saturated rings. The van der Waals surface area contributed by atoms with Crippen molar-refractivity contribution in [3.05, 3.63) is 52.6 Å². The van der Waals surface area contributed by atoms with Gasteiger partial charge in [0.05, 0.1) is 11.3 Å². The summed E-state index contributed by atoms with van der Waals surface area (Å²) in [4.78, 5) is 28.7. The lowest BCUT2D eigenvalue weighted by atomic mass is 10.1. The molecule has 2 heterocycles. The van der Waals surface area contributed by atoms with E-state index in [4.69, 9.17) is 5.73 Å². The Balaban J connectivity index is 1.96. The van der Waals surface area contributed by atoms with Gasteiger partial charge in [-0.2, -0.15) is 0 Å². The van der Waals surface area contributed by atoms with E-state index in [0.717, 1.165) is 6.42 Å². The van der Waals surface area contributed by atoms with Gasteiger partial charge in [0.25, 0.3) is 11.6 Å². The van der Waals surface area contributed by atoms with Crippen LogP contribution in [-0.4, -0.2) is 44.4 Å². The molecule has 3 rings (SSSR count). The maximum absolute atomic E-state index is 12.4. The average Bonchev–Trinajstić information content (AvgIpc) is 3.17. The monoisotopic (exact) mass is 301 g/mol. The molecule has 1 aromatic carbocycles. The van der Waals surface area contributed by atoms with Crippen LogP contribution in [0.4, 0.5) is 5.69 Å². The van der Waals surface area contributed by atoms with Crippen LogP contribution in [-0.2, 0) is 0 Å². The van der Waals surface area contributed by atoms with Gasteiger partial charge in [0.15, 0.2) is 0 Å². The van der Waals surface area contributed by atoms with Crippen LogP contribution in [0.25, 0.3) is 5.69 Å². The number of hydrogen-bond donors (Lipinski definition) is 1. The third-order valence-electron chi connectivity index (χ3n) is 3.71. The fourth-order valence-electron chi connectivity index (χ4n) is 2.58. The van der Waals surface area contributed by atoms with Gasteiger partial charge in [-0.15, -0.1) is 0 Å². The summed E-state index contributed by atoms with van der Waals surface area (Å²) in [5, 5.41) is 11.3. The molecular weight excluding hydrogens is 286 g/mol. The Hall–Kier alpha value is -2.74. The minimum Gasteiger partial charge on any atom is -0.337 e. The van der Waals surface area contributed by atoms with Crippen LogP contribution in [0.1, 0.15) is 16.8 Å². The zero-order valence-corrected chi connectivity index (χ0v) is 11.8. The first kappa shape index (κ1) is 14.2. The zero-order chi connectivity index (χ0) is 15.7. The molecule has 1 aliphatic rings. The molecule has 1 aromatic heterocycles. The van der Waals surface area contributed by atoms with E-state index in [1.54, 1.807) is 23.2 Å². The number of carbonyl (C=O) groups is 1. The largest absolute Gasteiger partial charge is 0.337 e. The number of aromatic nitrogens is 2. The Kier molecular flexibility index (Phi) is 3.60. The van der Waals surface area contributed by atoms with Crippen molar-refractivity contribution in [1.82, 2.24) is 14.5 Å². The van der Waals surface area contributed by atoms with E-state index in [1.807, 2.05) is 0 Å². The van der Waals surface area contributed by atoms with Crippen molar-refractivity contribution in [2.24, 2.45) is 5.73 Å². The number of carbonyl (C=O) groups excluding carboxylic acids is 1. The van der Waals surface area contributed by atoms with Crippen molar-refractivity contribution in [2.45, 2.75) is 12.5 Å². The Labute approximate surface area is 126 Å². The Morgan fingerprint density at radius 3 is 2.86 bits per heavy atom. The molecule has 0 radical (unpaired) electrons. The van der Waals surface area contributed by atoms with Gasteiger partial charge in [0.1, 0.15) is 5.69 Å². The van der Waals surface area contributed by atoms with Crippen LogP contribution in [0, 0.1) is 10.1 Å². The summed E-state index contributed by atoms with van der Waals surface area (Å²) in [7, 11) is 0. The molecule has 1 amide bonds. The molecule has 1 atom stereocenters. The normalized spacial score (nSPS) is 17.7. The van der Waals surface area contributed by atoms with E-state index in [1.165, 1.54) is 23.2 Å². The summed E-state index contributed by atoms with van der Waals surface area (Å²) >= 11 is 0. The second-order valence-corrected chi connectivity index (χ2v) is 5.23. The van der Waals surface area contributed by atoms with Crippen molar-refractivity contribution in [2.75, 3.05) is 13.1 Å². The number of likely N-dealkylation sites (tertiary alicyclic amines) is 1. The van der Waals surface area contributed by atoms with Gasteiger partial charge in [-0.05, 0) is 18.6 Å². The van der Waals surface area contributed by atoms with Gasteiger partial charge in [-0.1, -0.05) is 0 Å². The first-order valence-corrected chi connectivity index (χ1v) is 6.88. The standard InChI is InChI=1S/C14H15N5O3/c15-11-3-5-17(8-11)14(20)10-1-2-12(13(7-10)19(21)22)18-6-4-16-9-18/h1-2,4,6-7,9,11H,3,5,8,15H2/t11-/m1/s1. The van der Waals surface area contributed by atoms with E-state index >= 15 is 0 Å². The molecule has 0 aliphatic carbocycles. The van der Waals surface area contributed by atoms with Gasteiger partial charge in [-0.3, -0.25) is 14.9 Å². The molecule has 0 bridgehead atoms. The lowest BCUT2D eigenvalue weighted by Gasteiger charge is -2.16. The van der Waals surface area contributed by atoms with Crippen molar-refractivity contribution in [3.63, 3.8) is 0 Å². The number of nitro benzene ring substituents is 1. The highest BCUT2D eigenvalue weighted by Gasteiger charge is 2.26. The summed E-state index contributed by atoms with van der Waals surface area (Å²) in [5.74, 6) is -0.228. The smallest absolute Gasteiger partial charge is 0.294 e. The lowest BCUT2D eigenvalue weighted by Crippen LogP contribution is -2.31. The van der Waals surface area contributed by atoms with Crippen LogP contribution in [0.15, 0.2) is 36.9 Å². The number of hydrogen-bond acceptors (Lipinski definition) is 5. The molecule has 0 saturated carbocycles. The number of nitrogens with two attached hydrogens (primary N) is 1. The van der Waals surface area contributed by atoms with Crippen LogP contribution >= 0.6 is 0 Å². The van der Waals surface area contributed by atoms with Gasteiger partial charge >= 0.3 is 0 Å². The molecular formula is C14H15N5O3. The molecule has 2 aromatic rings. The van der Waals surface area contributed by atoms with Gasteiger partial charge < -0.3 is 15.2 Å². The van der Waals surface area contributed by atoms with Crippen LogP contribution in [0.2, 0.25) is 0 Å². The molecule has 0 unspecified atom stereocenters. The van der Waals surface area contributed by atoms with Gasteiger partial charge in [0.2, 0.25) is 0 Å². The highest BCUT2D eigenvalue weighted by molar-refractivity contribution is 5.95. The number of nitrogens with zero attached hydrogens (tertiary/aromatic N) is 4. The minimum absolute atomic E-state index is 0.0239. The summed E-state index contributed by atoms with van der Waals surface area (Å²) < 4.78 is 1.54. The summed E-state index contributed by atoms with van der Waals surface area (Å²) in [5.41, 5.74) is 6.33. The zero-order valence-electron chi connectivity index (χ0n) is 11.8. The van der Waals surface area contributed by atoms with Crippen molar-refractivity contribution in [1.29, 1.82) is 0 Å². The maximum Gasteiger partial charge on any atom is 0.294 e. The first-order valence-electron chi connectivity index (χ1n) is 6.88. The molecule has 114 valence electrons. The molecule has 0 spiro atoms. The van der Waals surface area contributed by atoms with Crippen molar-refractivity contribution >= 4 is 11.6 Å². The first-order chi connectivity index (χ1) is 10.6. The predicted molar refractivity (Wildman–Crippen MR) is 78.7 cm³/mol. The predicted octanol–water partition coefficient (Wildman–Crippen LogP) is 0.954. The minimum atomic E-state index is -0.498. The number of amides is 1. The highest BCUT2D eigenvalue weighted by Crippen LogP contribution is 2.25. The quantitative estimate of drug-likeness (QED) is 0.671. The second kappa shape index (κ2) is 5.57. The molecule has 8 nitrogen and oxygen atoms in total. The third-order valence-corrected chi connectivity index (χ3v) is 3.71. The summed E-state index contributed by atoms with van der Waals surface area (Å²) in [6.45, 7) is 1.06. The highest BCUT2D eigenvalue weighted by atomic mass is 16.6. The van der Waals surface area contributed by atoms with E-state index < -0.39 is 4.92 Å². The van der Waals surface area contributed by atoms with E-state index in [9.17, 15) is 14.9 Å². The van der Waals surface area contributed by atoms with E-state index in [0.29, 0.717) is 24.3 Å². The molecule has 1 saturated heterocycles. The number of nitro groups is 1. The second-order valence-electron chi connectivity index (χ2n) is 5.23. The SMILES string of the molecule is N[C@@H]1CCN(C(=O)c2ccc(-n3ccnc3)c([N+](=O)[O-])c2)C1. The molecule has 22 heavy (non-hydrogen) atoms. The maximum atomic E-state index is 12.4. The molecule has 2 N–H and O–H groups in total. The van der Waals surface area contributed by atoms with Crippen LogP contribution in [0.5, 0.6) is 0 Å². The number of imidazole rings is 1. The van der Waals surface area contributed by atoms with E-state index in [-0.39, 0.29) is 17.6 Å². The van der Waals surface area contributed by atoms with E-state index in [2.05, 4.69) is 4.98 Å². The third kappa shape index (κ3) is 2.56. The van der Waals surface area contributed by atoms with Crippen LogP contribution < -0.4 is 5.73 Å². The van der Waals surface area contributed by atoms with Crippen molar-refractivity contribution in [3.8, 4) is 5.69 Å². The Morgan fingerprint density at radius 1 is 1.45 bits per heavy atom. The van der Waals surface area contributed by atoms with Gasteiger partial charge in [-0.25, -0.2) is 4.98 Å². The topological polar surface area (TPSA) is 107 Å². The number of rotatable bonds is 3. The number of benzene rings is 1. The summed E-state index contributed by atoms with van der Waals surface area (Å²) in [6.07, 6.45) is 5.38. The fraction of sp³-hybridized carbons (Fsp3) is 0.286. The van der Waals surface area contributed by atoms with Crippen molar-refractivity contribution < 1.29 is 9.72 Å². The van der Waals surface area contributed by atoms with Gasteiger partial charge in [0, 0.05) is 43.2 Å². The fourth-order valence-corrected chi connectivity index (χ4v) is 2.58. The summed E-state index contributed by atoms with van der Waals surface area (Å²) in [6, 6.07) is 4.43. The Morgan fingerprint density at radius 2 is 2.27 bits per heavy atom. The average molecular weight is 301 g/mol. The van der Waals surface area contributed by atoms with Crippen LogP contribution in [0.3, 0.4) is 0 Å². The Bertz CT molecular complexity index is 713. The molecule has 1 aliphatic heterocycles.